The van der Waals surface area contributed by atoms with Gasteiger partial charge in [0.2, 0.25) is 0 Å². The van der Waals surface area contributed by atoms with Crippen LogP contribution in [0.4, 0.5) is 0 Å². The molecule has 0 aromatic heterocycles. The highest BCUT2D eigenvalue weighted by Gasteiger charge is 2.52. The number of hydrogen-bond donors (Lipinski definition) is 2. The molecule has 0 bridgehead atoms. The van der Waals surface area contributed by atoms with Crippen molar-refractivity contribution in [3.63, 3.8) is 0 Å². The number of rotatable bonds is 7. The summed E-state index contributed by atoms with van der Waals surface area (Å²) in [7, 11) is -4.03. The van der Waals surface area contributed by atoms with Gasteiger partial charge >= 0.3 is 0 Å². The lowest BCUT2D eigenvalue weighted by atomic mass is 9.95. The molecule has 2 aromatic carbocycles. The number of hydroxylamine groups is 1. The largest absolute Gasteiger partial charge is 0.457 e. The number of carbonyl (C=O) groups excluding carboxylic acids is 1. The van der Waals surface area contributed by atoms with Crippen molar-refractivity contribution >= 4 is 28.2 Å². The second-order valence-corrected chi connectivity index (χ2v) is 10.4. The number of nitrogens with one attached hydrogen (secondary N) is 1. The van der Waals surface area contributed by atoms with Crippen LogP contribution in [0.5, 0.6) is 11.5 Å². The minimum absolute atomic E-state index is 0. The minimum atomic E-state index is -4.03. The SMILES string of the molecule is CCN1CCC(C(=O)NO)(S(=O)(=O)c2ccc(Oc3ccc(C(C)C)cc3)cc2)CC1.Cl. The first-order valence-electron chi connectivity index (χ1n) is 10.5. The second kappa shape index (κ2) is 10.7. The van der Waals surface area contributed by atoms with E-state index in [1.807, 2.05) is 31.2 Å². The van der Waals surface area contributed by atoms with Crippen LogP contribution in [0.25, 0.3) is 0 Å². The average Bonchev–Trinajstić information content (AvgIpc) is 2.79. The van der Waals surface area contributed by atoms with Gasteiger partial charge in [-0.2, -0.15) is 0 Å². The normalized spacial score (nSPS) is 16.3. The van der Waals surface area contributed by atoms with Crippen molar-refractivity contribution in [1.29, 1.82) is 0 Å². The van der Waals surface area contributed by atoms with E-state index >= 15 is 0 Å². The molecule has 1 amide bonds. The molecule has 1 heterocycles. The van der Waals surface area contributed by atoms with Crippen molar-refractivity contribution in [2.24, 2.45) is 0 Å². The summed E-state index contributed by atoms with van der Waals surface area (Å²) >= 11 is 0. The number of halogens is 1. The maximum Gasteiger partial charge on any atom is 0.265 e. The zero-order valence-electron chi connectivity index (χ0n) is 18.6. The minimum Gasteiger partial charge on any atom is -0.457 e. The molecule has 0 aliphatic carbocycles. The fraction of sp³-hybridized carbons (Fsp3) is 0.435. The van der Waals surface area contributed by atoms with Crippen molar-refractivity contribution in [2.75, 3.05) is 19.6 Å². The Morgan fingerprint density at radius 3 is 2.00 bits per heavy atom. The topological polar surface area (TPSA) is 95.9 Å². The molecule has 2 aromatic rings. The van der Waals surface area contributed by atoms with E-state index in [4.69, 9.17) is 4.74 Å². The number of hydrogen-bond acceptors (Lipinski definition) is 6. The van der Waals surface area contributed by atoms with Crippen LogP contribution >= 0.6 is 12.4 Å². The van der Waals surface area contributed by atoms with Gasteiger partial charge < -0.3 is 9.64 Å². The third-order valence-corrected chi connectivity index (χ3v) is 8.57. The summed E-state index contributed by atoms with van der Waals surface area (Å²) in [6.45, 7) is 7.94. The van der Waals surface area contributed by atoms with Crippen LogP contribution in [-0.4, -0.2) is 48.8 Å². The molecule has 1 aliphatic rings. The monoisotopic (exact) mass is 482 g/mol. The maximum absolute atomic E-state index is 13.4. The summed E-state index contributed by atoms with van der Waals surface area (Å²) in [5.41, 5.74) is 2.78. The number of carbonyl (C=O) groups is 1. The second-order valence-electron chi connectivity index (χ2n) is 8.17. The fourth-order valence-corrected chi connectivity index (χ4v) is 5.87. The Kier molecular flexibility index (Phi) is 8.70. The zero-order chi connectivity index (χ0) is 22.6. The predicted molar refractivity (Wildman–Crippen MR) is 125 cm³/mol. The van der Waals surface area contributed by atoms with Gasteiger partial charge in [-0.3, -0.25) is 10.0 Å². The molecule has 0 radical (unpaired) electrons. The Morgan fingerprint density at radius 1 is 1.06 bits per heavy atom. The molecule has 9 heteroatoms. The lowest BCUT2D eigenvalue weighted by molar-refractivity contribution is -0.133. The van der Waals surface area contributed by atoms with Crippen molar-refractivity contribution in [1.82, 2.24) is 10.4 Å². The Morgan fingerprint density at radius 2 is 1.56 bits per heavy atom. The number of nitrogens with zero attached hydrogens (tertiary/aromatic N) is 1. The van der Waals surface area contributed by atoms with Gasteiger partial charge in [-0.15, -0.1) is 12.4 Å². The summed E-state index contributed by atoms with van der Waals surface area (Å²) in [5, 5.41) is 9.25. The first-order valence-corrected chi connectivity index (χ1v) is 12.0. The molecule has 0 saturated carbocycles. The fourth-order valence-electron chi connectivity index (χ4n) is 3.92. The summed E-state index contributed by atoms with van der Waals surface area (Å²) in [6, 6.07) is 13.8. The molecular formula is C23H31ClN2O5S. The van der Waals surface area contributed by atoms with E-state index in [2.05, 4.69) is 18.7 Å². The number of likely N-dealkylation sites (tertiary alicyclic amines) is 1. The summed E-state index contributed by atoms with van der Waals surface area (Å²) in [4.78, 5) is 14.6. The molecule has 3 rings (SSSR count). The highest BCUT2D eigenvalue weighted by atomic mass is 35.5. The van der Waals surface area contributed by atoms with Gasteiger partial charge in [0, 0.05) is 13.1 Å². The Bertz CT molecular complexity index is 1000. The predicted octanol–water partition coefficient (Wildman–Crippen LogP) is 4.16. The van der Waals surface area contributed by atoms with Crippen molar-refractivity contribution in [3.05, 3.63) is 54.1 Å². The number of amides is 1. The molecule has 0 atom stereocenters. The van der Waals surface area contributed by atoms with Crippen LogP contribution in [0.15, 0.2) is 53.4 Å². The third-order valence-electron chi connectivity index (χ3n) is 6.06. The van der Waals surface area contributed by atoms with Crippen molar-refractivity contribution in [2.45, 2.75) is 49.2 Å². The van der Waals surface area contributed by atoms with Gasteiger partial charge in [0.1, 0.15) is 11.5 Å². The average molecular weight is 483 g/mol. The van der Waals surface area contributed by atoms with E-state index in [0.717, 1.165) is 6.54 Å². The van der Waals surface area contributed by atoms with Gasteiger partial charge in [-0.25, -0.2) is 13.9 Å². The van der Waals surface area contributed by atoms with E-state index in [1.54, 1.807) is 17.6 Å². The maximum atomic E-state index is 13.4. The molecule has 0 spiro atoms. The number of piperidine rings is 1. The first-order chi connectivity index (χ1) is 14.7. The number of sulfone groups is 1. The molecule has 0 unspecified atom stereocenters. The van der Waals surface area contributed by atoms with E-state index in [1.165, 1.54) is 17.7 Å². The highest BCUT2D eigenvalue weighted by Crippen LogP contribution is 2.36. The smallest absolute Gasteiger partial charge is 0.265 e. The van der Waals surface area contributed by atoms with E-state index < -0.39 is 20.5 Å². The van der Waals surface area contributed by atoms with Gasteiger partial charge in [-0.05, 0) is 67.3 Å². The Labute approximate surface area is 196 Å². The highest BCUT2D eigenvalue weighted by molar-refractivity contribution is 7.93. The van der Waals surface area contributed by atoms with Gasteiger partial charge in [-0.1, -0.05) is 32.9 Å². The molecule has 1 fully saturated rings. The molecule has 1 saturated heterocycles. The third kappa shape index (κ3) is 5.09. The van der Waals surface area contributed by atoms with Crippen LogP contribution in [0.2, 0.25) is 0 Å². The van der Waals surface area contributed by atoms with Gasteiger partial charge in [0.05, 0.1) is 4.90 Å². The van der Waals surface area contributed by atoms with Gasteiger partial charge in [0.25, 0.3) is 5.91 Å². The standard InChI is InChI=1S/C23H30N2O5S.ClH/c1-4-25-15-13-23(14-16-25,22(26)24-27)31(28,29)21-11-9-20(10-12-21)30-19-7-5-18(6-8-19)17(2)3;/h5-12,17,27H,4,13-16H2,1-3H3,(H,24,26);1H. The summed E-state index contributed by atoms with van der Waals surface area (Å²) in [6.07, 6.45) is 0.242. The number of benzene rings is 2. The zero-order valence-corrected chi connectivity index (χ0v) is 20.2. The van der Waals surface area contributed by atoms with Crippen molar-refractivity contribution < 1.29 is 23.2 Å². The summed E-state index contributed by atoms with van der Waals surface area (Å²) in [5.74, 6) is 0.695. The Hall–Kier alpha value is -2.13. The molecule has 7 nitrogen and oxygen atoms in total. The van der Waals surface area contributed by atoms with Crippen molar-refractivity contribution in [3.8, 4) is 11.5 Å². The van der Waals surface area contributed by atoms with E-state index in [9.17, 15) is 18.4 Å². The summed E-state index contributed by atoms with van der Waals surface area (Å²) < 4.78 is 31.0. The Balaban J connectivity index is 0.00000363. The van der Waals surface area contributed by atoms with Crippen LogP contribution in [-0.2, 0) is 14.6 Å². The molecular weight excluding hydrogens is 452 g/mol. The molecule has 176 valence electrons. The van der Waals surface area contributed by atoms with Crippen LogP contribution in [0, 0.1) is 0 Å². The quantitative estimate of drug-likeness (QED) is 0.454. The molecule has 1 aliphatic heterocycles. The van der Waals surface area contributed by atoms with E-state index in [-0.39, 0.29) is 30.1 Å². The van der Waals surface area contributed by atoms with Crippen LogP contribution < -0.4 is 10.2 Å². The molecule has 2 N–H and O–H groups in total. The lowest BCUT2D eigenvalue weighted by Crippen LogP contribution is -2.57. The number of ether oxygens (including phenoxy) is 1. The van der Waals surface area contributed by atoms with Crippen LogP contribution in [0.1, 0.15) is 45.1 Å². The lowest BCUT2D eigenvalue weighted by Gasteiger charge is -2.39. The van der Waals surface area contributed by atoms with Gasteiger partial charge in [0.15, 0.2) is 14.6 Å². The molecule has 32 heavy (non-hydrogen) atoms. The van der Waals surface area contributed by atoms with Crippen LogP contribution in [0.3, 0.4) is 0 Å². The van der Waals surface area contributed by atoms with E-state index in [0.29, 0.717) is 30.5 Å². The first kappa shape index (κ1) is 26.1.